The van der Waals surface area contributed by atoms with Crippen molar-refractivity contribution in [3.63, 3.8) is 0 Å². The number of likely N-dealkylation sites (tertiary alicyclic amines) is 1. The summed E-state index contributed by atoms with van der Waals surface area (Å²) in [6, 6.07) is 3.42. The van der Waals surface area contributed by atoms with Gasteiger partial charge in [0.05, 0.1) is 5.56 Å². The first-order valence-electron chi connectivity index (χ1n) is 8.15. The highest BCUT2D eigenvalue weighted by atomic mass is 19.1. The molecule has 1 aliphatic heterocycles. The molecule has 0 radical (unpaired) electrons. The van der Waals surface area contributed by atoms with Gasteiger partial charge in [-0.3, -0.25) is 4.79 Å². The van der Waals surface area contributed by atoms with Gasteiger partial charge in [0, 0.05) is 12.5 Å². The molecule has 1 fully saturated rings. The second kappa shape index (κ2) is 8.36. The minimum absolute atomic E-state index is 0.0965. The number of carbonyl (C=O) groups excluding carboxylic acids is 1. The van der Waals surface area contributed by atoms with E-state index in [1.165, 1.54) is 6.07 Å². The maximum absolute atomic E-state index is 13.6. The first kappa shape index (κ1) is 17.8. The molecular weight excluding hydrogens is 302 g/mol. The fourth-order valence-electron chi connectivity index (χ4n) is 3.01. The molecule has 1 aromatic carbocycles. The zero-order valence-corrected chi connectivity index (χ0v) is 13.4. The van der Waals surface area contributed by atoms with Gasteiger partial charge in [-0.25, -0.2) is 8.78 Å². The van der Waals surface area contributed by atoms with E-state index in [-0.39, 0.29) is 18.4 Å². The molecule has 1 saturated heterocycles. The third-order valence-corrected chi connectivity index (χ3v) is 4.30. The molecule has 0 spiro atoms. The fourth-order valence-corrected chi connectivity index (χ4v) is 3.01. The highest BCUT2D eigenvalue weighted by Crippen LogP contribution is 2.21. The lowest BCUT2D eigenvalue weighted by Gasteiger charge is -2.31. The molecule has 1 aliphatic rings. The van der Waals surface area contributed by atoms with Crippen LogP contribution in [0.15, 0.2) is 18.2 Å². The quantitative estimate of drug-likeness (QED) is 0.843. The van der Waals surface area contributed by atoms with E-state index in [0.29, 0.717) is 0 Å². The number of carbonyl (C=O) groups is 1. The normalized spacial score (nSPS) is 17.9. The van der Waals surface area contributed by atoms with Crippen LogP contribution >= 0.6 is 0 Å². The minimum Gasteiger partial charge on any atom is -0.386 e. The van der Waals surface area contributed by atoms with Crippen LogP contribution in [0.25, 0.3) is 0 Å². The zero-order chi connectivity index (χ0) is 16.8. The summed E-state index contributed by atoms with van der Waals surface area (Å²) >= 11 is 0. The summed E-state index contributed by atoms with van der Waals surface area (Å²) in [5, 5.41) is 12.5. The molecule has 1 unspecified atom stereocenters. The van der Waals surface area contributed by atoms with Crippen molar-refractivity contribution in [3.8, 4) is 0 Å². The Labute approximate surface area is 135 Å². The second-order valence-corrected chi connectivity index (χ2v) is 6.01. The van der Waals surface area contributed by atoms with Gasteiger partial charge in [-0.15, -0.1) is 0 Å². The van der Waals surface area contributed by atoms with Crippen LogP contribution in [0, 0.1) is 17.6 Å². The van der Waals surface area contributed by atoms with E-state index in [4.69, 9.17) is 0 Å². The molecule has 0 aliphatic carbocycles. The van der Waals surface area contributed by atoms with E-state index in [1.54, 1.807) is 0 Å². The molecule has 128 valence electrons. The summed E-state index contributed by atoms with van der Waals surface area (Å²) in [5.41, 5.74) is -0.398. The molecule has 0 aromatic heterocycles. The Morgan fingerprint density at radius 2 is 1.96 bits per heavy atom. The number of piperidine rings is 1. The SMILES string of the molecule is CCCN1CCC(C(=O)NCC(O)c2c(F)cccc2F)CC1. The van der Waals surface area contributed by atoms with Crippen LogP contribution < -0.4 is 5.32 Å². The monoisotopic (exact) mass is 326 g/mol. The Balaban J connectivity index is 1.83. The molecule has 4 nitrogen and oxygen atoms in total. The van der Waals surface area contributed by atoms with Crippen molar-refractivity contribution >= 4 is 5.91 Å². The molecule has 1 aromatic rings. The third-order valence-electron chi connectivity index (χ3n) is 4.30. The minimum atomic E-state index is -1.39. The molecule has 1 atom stereocenters. The lowest BCUT2D eigenvalue weighted by molar-refractivity contribution is -0.126. The number of rotatable bonds is 6. The van der Waals surface area contributed by atoms with Crippen LogP contribution in [-0.2, 0) is 4.79 Å². The maximum atomic E-state index is 13.6. The average molecular weight is 326 g/mol. The topological polar surface area (TPSA) is 52.6 Å². The van der Waals surface area contributed by atoms with Crippen LogP contribution in [-0.4, -0.2) is 42.1 Å². The molecule has 0 saturated carbocycles. The van der Waals surface area contributed by atoms with Crippen LogP contribution in [0.1, 0.15) is 37.9 Å². The van der Waals surface area contributed by atoms with Gasteiger partial charge in [0.1, 0.15) is 17.7 Å². The van der Waals surface area contributed by atoms with Crippen molar-refractivity contribution in [2.45, 2.75) is 32.3 Å². The first-order chi connectivity index (χ1) is 11.0. The lowest BCUT2D eigenvalue weighted by atomic mass is 9.95. The van der Waals surface area contributed by atoms with Gasteiger partial charge < -0.3 is 15.3 Å². The maximum Gasteiger partial charge on any atom is 0.223 e. The molecule has 2 N–H and O–H groups in total. The summed E-state index contributed by atoms with van der Waals surface area (Å²) in [6.07, 6.45) is 1.25. The number of benzene rings is 1. The van der Waals surface area contributed by atoms with E-state index in [2.05, 4.69) is 17.1 Å². The Kier molecular flexibility index (Phi) is 6.47. The van der Waals surface area contributed by atoms with E-state index in [0.717, 1.165) is 51.0 Å². The number of hydrogen-bond donors (Lipinski definition) is 2. The van der Waals surface area contributed by atoms with Gasteiger partial charge in [0.2, 0.25) is 5.91 Å². The number of aliphatic hydroxyl groups is 1. The first-order valence-corrected chi connectivity index (χ1v) is 8.15. The predicted molar refractivity (Wildman–Crippen MR) is 83.8 cm³/mol. The molecule has 23 heavy (non-hydrogen) atoms. The number of hydrogen-bond acceptors (Lipinski definition) is 3. The van der Waals surface area contributed by atoms with Gasteiger partial charge in [-0.1, -0.05) is 13.0 Å². The average Bonchev–Trinajstić information content (AvgIpc) is 2.53. The molecule has 1 heterocycles. The highest BCUT2D eigenvalue weighted by molar-refractivity contribution is 5.78. The Morgan fingerprint density at radius 1 is 1.35 bits per heavy atom. The highest BCUT2D eigenvalue weighted by Gasteiger charge is 2.25. The summed E-state index contributed by atoms with van der Waals surface area (Å²) in [5.74, 6) is -1.86. The van der Waals surface area contributed by atoms with Gasteiger partial charge in [-0.05, 0) is 51.0 Å². The second-order valence-electron chi connectivity index (χ2n) is 6.01. The standard InChI is InChI=1S/C17H24F2N2O2/c1-2-8-21-9-6-12(7-10-21)17(23)20-11-15(22)16-13(18)4-3-5-14(16)19/h3-5,12,15,22H,2,6-11H2,1H3,(H,20,23). The molecule has 1 amide bonds. The third kappa shape index (κ3) is 4.72. The molecule has 6 heteroatoms. The number of nitrogens with one attached hydrogen (secondary N) is 1. The van der Waals surface area contributed by atoms with Crippen molar-refractivity contribution in [3.05, 3.63) is 35.4 Å². The van der Waals surface area contributed by atoms with E-state index in [9.17, 15) is 18.7 Å². The van der Waals surface area contributed by atoms with E-state index >= 15 is 0 Å². The van der Waals surface area contributed by atoms with Crippen molar-refractivity contribution in [1.82, 2.24) is 10.2 Å². The smallest absolute Gasteiger partial charge is 0.223 e. The summed E-state index contributed by atoms with van der Waals surface area (Å²) in [7, 11) is 0. The summed E-state index contributed by atoms with van der Waals surface area (Å²) < 4.78 is 27.2. The van der Waals surface area contributed by atoms with Crippen molar-refractivity contribution < 1.29 is 18.7 Å². The van der Waals surface area contributed by atoms with Crippen LogP contribution in [0.3, 0.4) is 0 Å². The van der Waals surface area contributed by atoms with Crippen molar-refractivity contribution in [2.75, 3.05) is 26.2 Å². The number of nitrogens with zero attached hydrogens (tertiary/aromatic N) is 1. The van der Waals surface area contributed by atoms with Crippen molar-refractivity contribution in [1.29, 1.82) is 0 Å². The van der Waals surface area contributed by atoms with Gasteiger partial charge in [0.15, 0.2) is 0 Å². The summed E-state index contributed by atoms with van der Waals surface area (Å²) in [4.78, 5) is 14.5. The van der Waals surface area contributed by atoms with Gasteiger partial charge >= 0.3 is 0 Å². The van der Waals surface area contributed by atoms with Crippen molar-refractivity contribution in [2.24, 2.45) is 5.92 Å². The Bertz CT molecular complexity index is 511. The fraction of sp³-hybridized carbons (Fsp3) is 0.588. The van der Waals surface area contributed by atoms with Gasteiger partial charge in [0.25, 0.3) is 0 Å². The number of amides is 1. The lowest BCUT2D eigenvalue weighted by Crippen LogP contribution is -2.41. The van der Waals surface area contributed by atoms with E-state index < -0.39 is 23.3 Å². The van der Waals surface area contributed by atoms with Crippen LogP contribution in [0.4, 0.5) is 8.78 Å². The zero-order valence-electron chi connectivity index (χ0n) is 13.4. The molecule has 0 bridgehead atoms. The number of halogens is 2. The largest absolute Gasteiger partial charge is 0.386 e. The molecule has 2 rings (SSSR count). The molecular formula is C17H24F2N2O2. The predicted octanol–water partition coefficient (Wildman–Crippen LogP) is 2.24. The number of aliphatic hydroxyl groups excluding tert-OH is 1. The van der Waals surface area contributed by atoms with E-state index in [1.807, 2.05) is 0 Å². The van der Waals surface area contributed by atoms with Gasteiger partial charge in [-0.2, -0.15) is 0 Å². The Hall–Kier alpha value is -1.53. The Morgan fingerprint density at radius 3 is 2.52 bits per heavy atom. The van der Waals surface area contributed by atoms with Crippen LogP contribution in [0.2, 0.25) is 0 Å². The van der Waals surface area contributed by atoms with Crippen LogP contribution in [0.5, 0.6) is 0 Å². The summed E-state index contributed by atoms with van der Waals surface area (Å²) in [6.45, 7) is 4.75.